The van der Waals surface area contributed by atoms with Crippen molar-refractivity contribution in [3.05, 3.63) is 12.2 Å². The van der Waals surface area contributed by atoms with E-state index in [0.717, 1.165) is 30.3 Å². The average molecular weight is 148 g/mol. The van der Waals surface area contributed by atoms with Crippen LogP contribution in [0.5, 0.6) is 0 Å². The normalized spacial score (nSPS) is 68.4. The summed E-state index contributed by atoms with van der Waals surface area (Å²) in [5.74, 6) is 3.59. The minimum Gasteiger partial charge on any atom is -0.373 e. The number of hydrogen-bond donors (Lipinski definition) is 0. The molecule has 0 N–H and O–H groups in total. The van der Waals surface area contributed by atoms with Crippen molar-refractivity contribution in [2.24, 2.45) is 23.7 Å². The highest BCUT2D eigenvalue weighted by Crippen LogP contribution is 2.74. The molecule has 3 fully saturated rings. The van der Waals surface area contributed by atoms with E-state index >= 15 is 0 Å². The predicted octanol–water partition coefficient (Wildman–Crippen LogP) is 1.60. The smallest absolute Gasteiger partial charge is 0.0848 e. The topological polar surface area (TPSA) is 9.23 Å². The molecule has 1 spiro atoms. The molecule has 1 saturated heterocycles. The Kier molecular flexibility index (Phi) is 0.637. The van der Waals surface area contributed by atoms with Gasteiger partial charge in [0.25, 0.3) is 0 Å². The van der Waals surface area contributed by atoms with E-state index in [-0.39, 0.29) is 0 Å². The van der Waals surface area contributed by atoms with Crippen LogP contribution in [-0.2, 0) is 4.74 Å². The van der Waals surface area contributed by atoms with Crippen LogP contribution in [0.2, 0.25) is 0 Å². The lowest BCUT2D eigenvalue weighted by Crippen LogP contribution is -2.32. The largest absolute Gasteiger partial charge is 0.373 e. The molecule has 1 heteroatoms. The van der Waals surface area contributed by atoms with E-state index in [9.17, 15) is 0 Å². The number of ether oxygens (including phenoxy) is 1. The van der Waals surface area contributed by atoms with E-state index in [0.29, 0.717) is 5.60 Å². The summed E-state index contributed by atoms with van der Waals surface area (Å²) in [4.78, 5) is 0. The van der Waals surface area contributed by atoms with Gasteiger partial charge in [-0.3, -0.25) is 0 Å². The monoisotopic (exact) mass is 148 g/mol. The zero-order valence-corrected chi connectivity index (χ0v) is 6.49. The Morgan fingerprint density at radius 1 is 1.27 bits per heavy atom. The van der Waals surface area contributed by atoms with Crippen molar-refractivity contribution in [3.8, 4) is 0 Å². The molecule has 0 aromatic carbocycles. The lowest BCUT2D eigenvalue weighted by Gasteiger charge is -2.30. The van der Waals surface area contributed by atoms with Gasteiger partial charge in [-0.1, -0.05) is 12.2 Å². The molecule has 0 amide bonds. The van der Waals surface area contributed by atoms with Crippen molar-refractivity contribution in [2.75, 3.05) is 6.61 Å². The van der Waals surface area contributed by atoms with Gasteiger partial charge in [0.2, 0.25) is 0 Å². The first kappa shape index (κ1) is 5.36. The SMILES string of the molecule is C1=C[C@H]2[C@@H]3CCO[C@]24[C@H]1[C@@H]4C3. The minimum absolute atomic E-state index is 0.378. The third-order valence-electron chi connectivity index (χ3n) is 4.38. The van der Waals surface area contributed by atoms with Crippen LogP contribution >= 0.6 is 0 Å². The molecule has 0 aromatic rings. The zero-order chi connectivity index (χ0) is 7.05. The highest BCUT2D eigenvalue weighted by Gasteiger charge is 2.77. The maximum absolute atomic E-state index is 5.95. The molecule has 4 rings (SSSR count). The molecular weight excluding hydrogens is 136 g/mol. The van der Waals surface area contributed by atoms with Crippen LogP contribution in [0, 0.1) is 23.7 Å². The van der Waals surface area contributed by atoms with Gasteiger partial charge >= 0.3 is 0 Å². The third-order valence-corrected chi connectivity index (χ3v) is 4.38. The lowest BCUT2D eigenvalue weighted by molar-refractivity contribution is -0.0415. The van der Waals surface area contributed by atoms with Crippen molar-refractivity contribution in [2.45, 2.75) is 18.4 Å². The molecule has 0 unspecified atom stereocenters. The maximum Gasteiger partial charge on any atom is 0.0848 e. The van der Waals surface area contributed by atoms with E-state index in [1.807, 2.05) is 0 Å². The summed E-state index contributed by atoms with van der Waals surface area (Å²) < 4.78 is 5.95. The average Bonchev–Trinajstić information content (AvgIpc) is 2.41. The first-order valence-electron chi connectivity index (χ1n) is 4.75. The standard InChI is InChI=1S/C10H12O/c1-2-8-9-5-6-3-4-11-10(8,9)7(1)6/h1-2,6-9H,3-5H2/t6-,7+,8-,9+,10+/m1/s1. The van der Waals surface area contributed by atoms with Crippen molar-refractivity contribution in [3.63, 3.8) is 0 Å². The summed E-state index contributed by atoms with van der Waals surface area (Å²) in [6.45, 7) is 1.04. The molecule has 0 aromatic heterocycles. The van der Waals surface area contributed by atoms with Crippen LogP contribution in [0.25, 0.3) is 0 Å². The second-order valence-corrected chi connectivity index (χ2v) is 4.53. The van der Waals surface area contributed by atoms with E-state index in [1.54, 1.807) is 0 Å². The summed E-state index contributed by atoms with van der Waals surface area (Å²) in [5.41, 5.74) is 0.378. The van der Waals surface area contributed by atoms with Crippen LogP contribution < -0.4 is 0 Å². The highest BCUT2D eigenvalue weighted by atomic mass is 16.5. The van der Waals surface area contributed by atoms with Gasteiger partial charge in [0.05, 0.1) is 5.60 Å². The van der Waals surface area contributed by atoms with Gasteiger partial charge in [-0.2, -0.15) is 0 Å². The molecule has 2 bridgehead atoms. The summed E-state index contributed by atoms with van der Waals surface area (Å²) >= 11 is 0. The lowest BCUT2D eigenvalue weighted by atomic mass is 9.87. The van der Waals surface area contributed by atoms with E-state index in [2.05, 4.69) is 12.2 Å². The van der Waals surface area contributed by atoms with Crippen LogP contribution in [0.3, 0.4) is 0 Å². The Balaban J connectivity index is 1.92. The molecule has 1 heterocycles. The second kappa shape index (κ2) is 1.31. The minimum atomic E-state index is 0.378. The maximum atomic E-state index is 5.95. The summed E-state index contributed by atoms with van der Waals surface area (Å²) in [6, 6.07) is 0. The second-order valence-electron chi connectivity index (χ2n) is 4.53. The van der Waals surface area contributed by atoms with Crippen LogP contribution in [0.15, 0.2) is 12.2 Å². The van der Waals surface area contributed by atoms with Gasteiger partial charge in [-0.15, -0.1) is 0 Å². The Hall–Kier alpha value is -0.300. The molecule has 1 nitrogen and oxygen atoms in total. The summed E-state index contributed by atoms with van der Waals surface area (Å²) in [5, 5.41) is 0. The molecule has 11 heavy (non-hydrogen) atoms. The quantitative estimate of drug-likeness (QED) is 0.474. The number of hydrogen-bond acceptors (Lipinski definition) is 1. The Labute approximate surface area is 66.4 Å². The summed E-state index contributed by atoms with van der Waals surface area (Å²) in [7, 11) is 0. The first-order valence-corrected chi connectivity index (χ1v) is 4.75. The van der Waals surface area contributed by atoms with E-state index in [1.165, 1.54) is 12.8 Å². The van der Waals surface area contributed by atoms with Crippen molar-refractivity contribution in [1.29, 1.82) is 0 Å². The number of fused-ring (bicyclic) bond motifs is 1. The first-order chi connectivity index (χ1) is 5.43. The molecule has 3 aliphatic carbocycles. The number of rotatable bonds is 0. The van der Waals surface area contributed by atoms with Crippen LogP contribution in [0.1, 0.15) is 12.8 Å². The van der Waals surface area contributed by atoms with E-state index in [4.69, 9.17) is 4.74 Å². The zero-order valence-electron chi connectivity index (χ0n) is 6.49. The molecule has 4 aliphatic rings. The molecule has 1 aliphatic heterocycles. The fourth-order valence-corrected chi connectivity index (χ4v) is 3.94. The molecule has 0 radical (unpaired) electrons. The molecular formula is C10H12O. The van der Waals surface area contributed by atoms with E-state index < -0.39 is 0 Å². The van der Waals surface area contributed by atoms with Gasteiger partial charge in [0.1, 0.15) is 0 Å². The van der Waals surface area contributed by atoms with Gasteiger partial charge < -0.3 is 4.74 Å². The van der Waals surface area contributed by atoms with Gasteiger partial charge in [-0.25, -0.2) is 0 Å². The highest BCUT2D eigenvalue weighted by molar-refractivity contribution is 5.37. The van der Waals surface area contributed by atoms with Crippen molar-refractivity contribution < 1.29 is 4.74 Å². The Bertz CT molecular complexity index is 258. The fraction of sp³-hybridized carbons (Fsp3) is 0.800. The van der Waals surface area contributed by atoms with Crippen LogP contribution in [-0.4, -0.2) is 12.2 Å². The molecule has 58 valence electrons. The molecule has 2 saturated carbocycles. The fourth-order valence-electron chi connectivity index (χ4n) is 3.94. The van der Waals surface area contributed by atoms with Crippen molar-refractivity contribution in [1.82, 2.24) is 0 Å². The molecule has 5 atom stereocenters. The third kappa shape index (κ3) is 0.365. The van der Waals surface area contributed by atoms with Gasteiger partial charge in [0, 0.05) is 18.4 Å². The Morgan fingerprint density at radius 2 is 2.18 bits per heavy atom. The Morgan fingerprint density at radius 3 is 3.09 bits per heavy atom. The summed E-state index contributed by atoms with van der Waals surface area (Å²) in [6.07, 6.45) is 7.63. The van der Waals surface area contributed by atoms with Gasteiger partial charge in [0.15, 0.2) is 0 Å². The van der Waals surface area contributed by atoms with Crippen molar-refractivity contribution >= 4 is 0 Å². The predicted molar refractivity (Wildman–Crippen MR) is 41.0 cm³/mol. The van der Waals surface area contributed by atoms with Gasteiger partial charge in [-0.05, 0) is 24.7 Å². The van der Waals surface area contributed by atoms with Crippen LogP contribution in [0.4, 0.5) is 0 Å².